The van der Waals surface area contributed by atoms with Gasteiger partial charge >= 0.3 is 0 Å². The maximum atomic E-state index is 13.5. The molecule has 1 aliphatic carbocycles. The quantitative estimate of drug-likeness (QED) is 0.557. The first-order chi connectivity index (χ1) is 17.7. The number of amides is 1. The Hall–Kier alpha value is -3.26. The Morgan fingerprint density at radius 1 is 0.750 bits per heavy atom. The van der Waals surface area contributed by atoms with E-state index in [1.807, 2.05) is 41.3 Å². The highest BCUT2D eigenvalue weighted by Crippen LogP contribution is 2.29. The number of carbonyl (C=O) groups is 1. The molecule has 36 heavy (non-hydrogen) atoms. The van der Waals surface area contributed by atoms with Gasteiger partial charge in [0.15, 0.2) is 11.5 Å². The van der Waals surface area contributed by atoms with Gasteiger partial charge in [0.25, 0.3) is 5.91 Å². The van der Waals surface area contributed by atoms with Crippen LogP contribution in [0.1, 0.15) is 36.2 Å². The summed E-state index contributed by atoms with van der Waals surface area (Å²) in [6.07, 6.45) is 5.26. The largest absolute Gasteiger partial charge is 0.368 e. The lowest BCUT2D eigenvalue weighted by Crippen LogP contribution is -2.51. The Morgan fingerprint density at radius 3 is 2.08 bits per heavy atom. The van der Waals surface area contributed by atoms with Crippen LogP contribution in [0.25, 0.3) is 10.8 Å². The Kier molecular flexibility index (Phi) is 6.44. The van der Waals surface area contributed by atoms with E-state index >= 15 is 0 Å². The summed E-state index contributed by atoms with van der Waals surface area (Å²) in [5.41, 5.74) is 1.48. The molecule has 0 spiro atoms. The average molecular weight is 489 g/mol. The van der Waals surface area contributed by atoms with E-state index in [0.717, 1.165) is 74.6 Å². The minimum Gasteiger partial charge on any atom is -0.368 e. The van der Waals surface area contributed by atoms with Crippen LogP contribution in [0.2, 0.25) is 0 Å². The van der Waals surface area contributed by atoms with E-state index < -0.39 is 0 Å². The third-order valence-corrected chi connectivity index (χ3v) is 8.08. The molecule has 0 N–H and O–H groups in total. The van der Waals surface area contributed by atoms with Crippen molar-refractivity contribution in [2.24, 2.45) is 0 Å². The van der Waals surface area contributed by atoms with Crippen LogP contribution in [0.3, 0.4) is 0 Å². The molecular formula is C28H33FN6O. The molecule has 0 bridgehead atoms. The summed E-state index contributed by atoms with van der Waals surface area (Å²) >= 11 is 0. The summed E-state index contributed by atoms with van der Waals surface area (Å²) in [7, 11) is 0. The van der Waals surface area contributed by atoms with E-state index in [0.29, 0.717) is 11.7 Å². The zero-order valence-corrected chi connectivity index (χ0v) is 20.7. The van der Waals surface area contributed by atoms with Gasteiger partial charge in [-0.05, 0) is 37.1 Å². The predicted molar refractivity (Wildman–Crippen MR) is 140 cm³/mol. The number of benzene rings is 2. The number of halogens is 1. The van der Waals surface area contributed by atoms with Crippen LogP contribution in [0.4, 0.5) is 15.9 Å². The lowest BCUT2D eigenvalue weighted by Gasteiger charge is -2.38. The molecule has 1 aromatic heterocycles. The lowest BCUT2D eigenvalue weighted by molar-refractivity contribution is 0.0569. The van der Waals surface area contributed by atoms with E-state index in [4.69, 9.17) is 0 Å². The SMILES string of the molecule is O=C(c1nnc(N2CCN(c3ccc(F)cc3)CC2)c2ccccc12)N1CCN(C2CCCC2)CC1. The monoisotopic (exact) mass is 488 g/mol. The second-order valence-corrected chi connectivity index (χ2v) is 10.1. The number of carbonyl (C=O) groups excluding carboxylic acids is 1. The molecular weight excluding hydrogens is 455 g/mol. The third kappa shape index (κ3) is 4.50. The van der Waals surface area contributed by atoms with Crippen molar-refractivity contribution in [1.29, 1.82) is 0 Å². The highest BCUT2D eigenvalue weighted by atomic mass is 19.1. The highest BCUT2D eigenvalue weighted by molar-refractivity contribution is 6.07. The number of rotatable bonds is 4. The standard InChI is InChI=1S/C28H33FN6O/c29-21-9-11-23(12-10-21)33-13-17-34(18-14-33)27-25-8-4-3-7-24(25)26(30-31-27)28(36)35-19-15-32(16-20-35)22-5-1-2-6-22/h3-4,7-12,22H,1-2,5-6,13-20H2. The van der Waals surface area contributed by atoms with Gasteiger partial charge in [-0.3, -0.25) is 9.69 Å². The summed E-state index contributed by atoms with van der Waals surface area (Å²) in [6.45, 7) is 6.58. The van der Waals surface area contributed by atoms with E-state index in [1.165, 1.54) is 37.8 Å². The highest BCUT2D eigenvalue weighted by Gasteiger charge is 2.30. The fourth-order valence-electron chi connectivity index (χ4n) is 6.02. The summed E-state index contributed by atoms with van der Waals surface area (Å²) < 4.78 is 13.3. The molecule has 3 aliphatic rings. The van der Waals surface area contributed by atoms with Gasteiger partial charge in [0.2, 0.25) is 0 Å². The Labute approximate surface area is 211 Å². The van der Waals surface area contributed by atoms with E-state index in [2.05, 4.69) is 24.9 Å². The zero-order valence-electron chi connectivity index (χ0n) is 20.7. The second-order valence-electron chi connectivity index (χ2n) is 10.1. The van der Waals surface area contributed by atoms with Crippen LogP contribution in [0.15, 0.2) is 48.5 Å². The van der Waals surface area contributed by atoms with Crippen molar-refractivity contribution in [3.8, 4) is 0 Å². The van der Waals surface area contributed by atoms with Crippen molar-refractivity contribution in [2.45, 2.75) is 31.7 Å². The first-order valence-corrected chi connectivity index (χ1v) is 13.2. The fraction of sp³-hybridized carbons (Fsp3) is 0.464. The normalized spacial score (nSPS) is 19.9. The van der Waals surface area contributed by atoms with Crippen LogP contribution in [0.5, 0.6) is 0 Å². The topological polar surface area (TPSA) is 55.8 Å². The molecule has 0 radical (unpaired) electrons. The van der Waals surface area contributed by atoms with Crippen molar-refractivity contribution < 1.29 is 9.18 Å². The average Bonchev–Trinajstić information content (AvgIpc) is 3.48. The molecule has 0 unspecified atom stereocenters. The molecule has 1 saturated carbocycles. The van der Waals surface area contributed by atoms with Crippen molar-refractivity contribution >= 4 is 28.2 Å². The molecule has 3 fully saturated rings. The first-order valence-electron chi connectivity index (χ1n) is 13.2. The van der Waals surface area contributed by atoms with Gasteiger partial charge in [0.05, 0.1) is 0 Å². The molecule has 2 aliphatic heterocycles. The van der Waals surface area contributed by atoms with Crippen LogP contribution in [-0.2, 0) is 0 Å². The first kappa shape index (κ1) is 23.2. The van der Waals surface area contributed by atoms with Gasteiger partial charge in [0.1, 0.15) is 5.82 Å². The molecule has 188 valence electrons. The van der Waals surface area contributed by atoms with Crippen LogP contribution in [0, 0.1) is 5.82 Å². The number of nitrogens with zero attached hydrogens (tertiary/aromatic N) is 6. The van der Waals surface area contributed by atoms with Crippen molar-refractivity contribution in [3.63, 3.8) is 0 Å². The Balaban J connectivity index is 1.17. The van der Waals surface area contributed by atoms with Gasteiger partial charge in [-0.1, -0.05) is 37.1 Å². The minimum atomic E-state index is -0.218. The molecule has 0 atom stereocenters. The zero-order chi connectivity index (χ0) is 24.5. The number of piperazine rings is 2. The smallest absolute Gasteiger partial charge is 0.275 e. The van der Waals surface area contributed by atoms with E-state index in [9.17, 15) is 9.18 Å². The number of fused-ring (bicyclic) bond motifs is 1. The summed E-state index contributed by atoms with van der Waals surface area (Å²) in [5.74, 6) is 0.592. The molecule has 2 saturated heterocycles. The Morgan fingerprint density at radius 2 is 1.39 bits per heavy atom. The van der Waals surface area contributed by atoms with Gasteiger partial charge in [0, 0.05) is 74.9 Å². The summed E-state index contributed by atoms with van der Waals surface area (Å²) in [5, 5.41) is 10.9. The number of hydrogen-bond donors (Lipinski definition) is 0. The molecule has 1 amide bonds. The molecule has 3 aromatic rings. The Bertz CT molecular complexity index is 1210. The number of anilines is 2. The summed E-state index contributed by atoms with van der Waals surface area (Å²) in [4.78, 5) is 22.5. The van der Waals surface area contributed by atoms with E-state index in [1.54, 1.807) is 0 Å². The maximum Gasteiger partial charge on any atom is 0.275 e. The maximum absolute atomic E-state index is 13.5. The van der Waals surface area contributed by atoms with Gasteiger partial charge < -0.3 is 14.7 Å². The lowest BCUT2D eigenvalue weighted by atomic mass is 10.1. The molecule has 7 nitrogen and oxygen atoms in total. The number of aromatic nitrogens is 2. The van der Waals surface area contributed by atoms with Gasteiger partial charge in [-0.2, -0.15) is 0 Å². The second kappa shape index (κ2) is 10.0. The molecule has 6 rings (SSSR count). The van der Waals surface area contributed by atoms with Crippen LogP contribution < -0.4 is 9.80 Å². The minimum absolute atomic E-state index is 0.0162. The third-order valence-electron chi connectivity index (χ3n) is 8.08. The van der Waals surface area contributed by atoms with E-state index in [-0.39, 0.29) is 11.7 Å². The van der Waals surface area contributed by atoms with Gasteiger partial charge in [-0.15, -0.1) is 10.2 Å². The fourth-order valence-corrected chi connectivity index (χ4v) is 6.02. The molecule has 2 aromatic carbocycles. The van der Waals surface area contributed by atoms with Crippen LogP contribution >= 0.6 is 0 Å². The predicted octanol–water partition coefficient (Wildman–Crippen LogP) is 3.80. The van der Waals surface area contributed by atoms with Crippen molar-refractivity contribution in [1.82, 2.24) is 20.0 Å². The molecule has 3 heterocycles. The summed E-state index contributed by atoms with van der Waals surface area (Å²) in [6, 6.07) is 15.4. The van der Waals surface area contributed by atoms with Crippen LogP contribution in [-0.4, -0.2) is 84.3 Å². The molecule has 8 heteroatoms. The van der Waals surface area contributed by atoms with Gasteiger partial charge in [-0.25, -0.2) is 4.39 Å². The van der Waals surface area contributed by atoms with Crippen molar-refractivity contribution in [2.75, 3.05) is 62.2 Å². The number of hydrogen-bond acceptors (Lipinski definition) is 6. The van der Waals surface area contributed by atoms with Crippen molar-refractivity contribution in [3.05, 3.63) is 60.0 Å².